The molecule has 3 aromatic rings. The van der Waals surface area contributed by atoms with Crippen LogP contribution in [0.15, 0.2) is 58.8 Å². The number of furan rings is 1. The fourth-order valence-electron chi connectivity index (χ4n) is 2.87. The van der Waals surface area contributed by atoms with Crippen molar-refractivity contribution in [1.29, 1.82) is 0 Å². The van der Waals surface area contributed by atoms with Crippen LogP contribution in [0, 0.1) is 6.92 Å². The summed E-state index contributed by atoms with van der Waals surface area (Å²) in [5.41, 5.74) is 2.88. The molecule has 0 aliphatic heterocycles. The third-order valence-electron chi connectivity index (χ3n) is 4.53. The van der Waals surface area contributed by atoms with Crippen molar-refractivity contribution in [2.45, 2.75) is 44.8 Å². The van der Waals surface area contributed by atoms with Crippen LogP contribution >= 0.6 is 11.8 Å². The van der Waals surface area contributed by atoms with E-state index in [1.54, 1.807) is 12.3 Å². The molecule has 5 nitrogen and oxygen atoms in total. The highest BCUT2D eigenvalue weighted by Gasteiger charge is 2.18. The molecule has 0 aliphatic rings. The van der Waals surface area contributed by atoms with Crippen LogP contribution in [0.5, 0.6) is 0 Å². The largest absolute Gasteiger partial charge is 0.469 e. The molecule has 0 amide bonds. The number of hydrogen-bond donors (Lipinski definition) is 0. The van der Waals surface area contributed by atoms with Crippen molar-refractivity contribution in [2.24, 2.45) is 0 Å². The second-order valence-electron chi connectivity index (χ2n) is 7.64. The van der Waals surface area contributed by atoms with Crippen LogP contribution in [0.2, 0.25) is 0 Å². The molecule has 3 rings (SSSR count). The maximum Gasteiger partial charge on any atom is 0.192 e. The van der Waals surface area contributed by atoms with E-state index in [1.165, 1.54) is 17.3 Å². The second-order valence-corrected chi connectivity index (χ2v) is 8.58. The molecule has 0 bridgehead atoms. The van der Waals surface area contributed by atoms with Crippen LogP contribution in [0.25, 0.3) is 11.4 Å². The van der Waals surface area contributed by atoms with E-state index < -0.39 is 0 Å². The monoisotopic (exact) mass is 395 g/mol. The van der Waals surface area contributed by atoms with Gasteiger partial charge in [0.1, 0.15) is 5.76 Å². The van der Waals surface area contributed by atoms with Crippen LogP contribution in [0.4, 0.5) is 0 Å². The van der Waals surface area contributed by atoms with Gasteiger partial charge in [0.25, 0.3) is 0 Å². The molecule has 0 radical (unpaired) electrons. The summed E-state index contributed by atoms with van der Waals surface area (Å²) in [6.45, 7) is 12.7. The topological polar surface area (TPSA) is 60.9 Å². The van der Waals surface area contributed by atoms with Crippen LogP contribution in [-0.2, 0) is 12.0 Å². The van der Waals surface area contributed by atoms with Gasteiger partial charge in [-0.15, -0.1) is 16.8 Å². The number of aryl methyl sites for hydroxylation is 1. The number of rotatable bonds is 7. The Morgan fingerprint density at radius 3 is 2.50 bits per heavy atom. The highest BCUT2D eigenvalue weighted by atomic mass is 32.2. The lowest BCUT2D eigenvalue weighted by atomic mass is 9.86. The Labute approximate surface area is 169 Å². The first-order valence-electron chi connectivity index (χ1n) is 9.16. The fourth-order valence-corrected chi connectivity index (χ4v) is 3.72. The van der Waals surface area contributed by atoms with Crippen molar-refractivity contribution in [3.05, 3.63) is 66.1 Å². The lowest BCUT2D eigenvalue weighted by Crippen LogP contribution is -2.11. The molecule has 0 unspecified atom stereocenters. The van der Waals surface area contributed by atoms with Gasteiger partial charge in [0, 0.05) is 12.1 Å². The van der Waals surface area contributed by atoms with Gasteiger partial charge in [-0.3, -0.25) is 9.36 Å². The minimum Gasteiger partial charge on any atom is -0.469 e. The molecule has 146 valence electrons. The molecule has 0 saturated carbocycles. The normalized spacial score (nSPS) is 11.6. The highest BCUT2D eigenvalue weighted by molar-refractivity contribution is 7.99. The van der Waals surface area contributed by atoms with Crippen molar-refractivity contribution < 1.29 is 9.21 Å². The van der Waals surface area contributed by atoms with Crippen LogP contribution in [0.1, 0.15) is 42.5 Å². The Kier molecular flexibility index (Phi) is 5.89. The van der Waals surface area contributed by atoms with Gasteiger partial charge in [-0.25, -0.2) is 0 Å². The van der Waals surface area contributed by atoms with Gasteiger partial charge in [-0.2, -0.15) is 0 Å². The lowest BCUT2D eigenvalue weighted by molar-refractivity contribution is 0.102. The molecular formula is C22H25N3O2S. The van der Waals surface area contributed by atoms with E-state index in [4.69, 9.17) is 4.42 Å². The SMILES string of the molecule is C=CCn1c(SCC(=O)c2ccc(C(C)(C)C)cc2)nnc1-c1ccoc1C. The quantitative estimate of drug-likeness (QED) is 0.308. The zero-order valence-electron chi connectivity index (χ0n) is 16.7. The van der Waals surface area contributed by atoms with Gasteiger partial charge in [0.05, 0.1) is 17.6 Å². The van der Waals surface area contributed by atoms with E-state index >= 15 is 0 Å². The molecule has 28 heavy (non-hydrogen) atoms. The van der Waals surface area contributed by atoms with Crippen molar-refractivity contribution in [1.82, 2.24) is 14.8 Å². The van der Waals surface area contributed by atoms with Gasteiger partial charge >= 0.3 is 0 Å². The number of aromatic nitrogens is 3. The maximum absolute atomic E-state index is 12.6. The van der Waals surface area contributed by atoms with E-state index in [9.17, 15) is 4.79 Å². The number of carbonyl (C=O) groups is 1. The van der Waals surface area contributed by atoms with Crippen molar-refractivity contribution in [3.63, 3.8) is 0 Å². The molecule has 0 aliphatic carbocycles. The van der Waals surface area contributed by atoms with Gasteiger partial charge in [0.2, 0.25) is 0 Å². The number of nitrogens with zero attached hydrogens (tertiary/aromatic N) is 3. The molecule has 0 spiro atoms. The van der Waals surface area contributed by atoms with Crippen LogP contribution in [0.3, 0.4) is 0 Å². The number of benzene rings is 1. The number of ketones is 1. The molecule has 6 heteroatoms. The fraction of sp³-hybridized carbons (Fsp3) is 0.318. The number of Topliss-reactive ketones (excluding diaryl/α,β-unsaturated/α-hetero) is 1. The van der Waals surface area contributed by atoms with Gasteiger partial charge in [-0.1, -0.05) is 62.9 Å². The summed E-state index contributed by atoms with van der Waals surface area (Å²) in [5, 5.41) is 9.27. The molecule has 0 atom stereocenters. The maximum atomic E-state index is 12.6. The van der Waals surface area contributed by atoms with Crippen molar-refractivity contribution >= 4 is 17.5 Å². The molecule has 2 aromatic heterocycles. The Morgan fingerprint density at radius 2 is 1.93 bits per heavy atom. The van der Waals surface area contributed by atoms with Crippen LogP contribution < -0.4 is 0 Å². The Balaban J connectivity index is 1.75. The first-order chi connectivity index (χ1) is 13.3. The van der Waals surface area contributed by atoms with E-state index in [1.807, 2.05) is 41.8 Å². The molecule has 0 fully saturated rings. The summed E-state index contributed by atoms with van der Waals surface area (Å²) in [7, 11) is 0. The predicted octanol–water partition coefficient (Wildman–Crippen LogP) is 5.31. The minimum atomic E-state index is 0.0685. The Bertz CT molecular complexity index is 978. The average molecular weight is 396 g/mol. The third kappa shape index (κ3) is 4.28. The smallest absolute Gasteiger partial charge is 0.192 e. The highest BCUT2D eigenvalue weighted by Crippen LogP contribution is 2.28. The zero-order chi connectivity index (χ0) is 20.3. The van der Waals surface area contributed by atoms with E-state index in [0.717, 1.165) is 17.1 Å². The average Bonchev–Trinajstić information content (AvgIpc) is 3.25. The van der Waals surface area contributed by atoms with Gasteiger partial charge in [-0.05, 0) is 24.0 Å². The first-order valence-corrected chi connectivity index (χ1v) is 10.1. The summed E-state index contributed by atoms with van der Waals surface area (Å²) in [5.74, 6) is 1.87. The molecule has 0 N–H and O–H groups in total. The first kappa shape index (κ1) is 20.1. The minimum absolute atomic E-state index is 0.0685. The van der Waals surface area contributed by atoms with Crippen molar-refractivity contribution in [2.75, 3.05) is 5.75 Å². The Hall–Kier alpha value is -2.60. The number of thioether (sulfide) groups is 1. The number of carbonyl (C=O) groups excluding carboxylic acids is 1. The molecular weight excluding hydrogens is 370 g/mol. The summed E-state index contributed by atoms with van der Waals surface area (Å²) >= 11 is 1.39. The standard InChI is InChI=1S/C22H25N3O2S/c1-6-12-25-20(18-11-13-27-15(18)2)23-24-21(25)28-14-19(26)16-7-9-17(10-8-16)22(3,4)5/h6-11,13H,1,12,14H2,2-5H3. The van der Waals surface area contributed by atoms with Gasteiger partial charge < -0.3 is 4.42 Å². The van der Waals surface area contributed by atoms with Crippen LogP contribution in [-0.4, -0.2) is 26.3 Å². The second kappa shape index (κ2) is 8.19. The van der Waals surface area contributed by atoms with E-state index in [0.29, 0.717) is 23.0 Å². The van der Waals surface area contributed by atoms with E-state index in [-0.39, 0.29) is 11.2 Å². The summed E-state index contributed by atoms with van der Waals surface area (Å²) < 4.78 is 7.33. The predicted molar refractivity (Wildman–Crippen MR) is 113 cm³/mol. The van der Waals surface area contributed by atoms with Crippen molar-refractivity contribution in [3.8, 4) is 11.4 Å². The molecule has 2 heterocycles. The summed E-state index contributed by atoms with van der Waals surface area (Å²) in [6.07, 6.45) is 3.43. The third-order valence-corrected chi connectivity index (χ3v) is 5.50. The number of allylic oxidation sites excluding steroid dienone is 1. The summed E-state index contributed by atoms with van der Waals surface area (Å²) in [4.78, 5) is 12.6. The van der Waals surface area contributed by atoms with Gasteiger partial charge in [0.15, 0.2) is 16.8 Å². The molecule has 1 aromatic carbocycles. The summed E-state index contributed by atoms with van der Waals surface area (Å²) in [6, 6.07) is 9.72. The molecule has 0 saturated heterocycles. The zero-order valence-corrected chi connectivity index (χ0v) is 17.5. The lowest BCUT2D eigenvalue weighted by Gasteiger charge is -2.18. The number of hydrogen-bond acceptors (Lipinski definition) is 5. The Morgan fingerprint density at radius 1 is 1.21 bits per heavy atom. The van der Waals surface area contributed by atoms with E-state index in [2.05, 4.69) is 37.5 Å².